The predicted molar refractivity (Wildman–Crippen MR) is 63.3 cm³/mol. The Morgan fingerprint density at radius 2 is 1.81 bits per heavy atom. The number of pyridine rings is 1. The van der Waals surface area contributed by atoms with E-state index in [1.807, 2.05) is 25.1 Å². The molecule has 2 rings (SSSR count). The van der Waals surface area contributed by atoms with E-state index in [1.165, 1.54) is 0 Å². The van der Waals surface area contributed by atoms with Gasteiger partial charge in [0, 0.05) is 11.3 Å². The number of aromatic nitrogens is 1. The maximum Gasteiger partial charge on any atom is 0.213 e. The standard InChI is InChI=1S/C13H12N2O/c1-9-7-8-11(14)12(15-9)13(16)10-5-3-2-4-6-10/h2-8H,14H2,1H3. The number of anilines is 1. The van der Waals surface area contributed by atoms with Crippen LogP contribution in [0.2, 0.25) is 0 Å². The van der Waals surface area contributed by atoms with E-state index in [0.29, 0.717) is 16.9 Å². The fraction of sp³-hybridized carbons (Fsp3) is 0.0769. The van der Waals surface area contributed by atoms with Gasteiger partial charge in [-0.3, -0.25) is 4.79 Å². The summed E-state index contributed by atoms with van der Waals surface area (Å²) in [6.07, 6.45) is 0. The lowest BCUT2D eigenvalue weighted by Gasteiger charge is -2.04. The quantitative estimate of drug-likeness (QED) is 0.776. The Balaban J connectivity index is 2.46. The van der Waals surface area contributed by atoms with Gasteiger partial charge >= 0.3 is 0 Å². The molecule has 0 saturated heterocycles. The molecule has 0 aliphatic carbocycles. The fourth-order valence-electron chi connectivity index (χ4n) is 1.48. The van der Waals surface area contributed by atoms with Crippen LogP contribution in [-0.2, 0) is 0 Å². The smallest absolute Gasteiger partial charge is 0.213 e. The molecule has 1 aromatic carbocycles. The summed E-state index contributed by atoms with van der Waals surface area (Å²) in [7, 11) is 0. The van der Waals surface area contributed by atoms with Gasteiger partial charge in [0.2, 0.25) is 5.78 Å². The number of carbonyl (C=O) groups is 1. The Bertz CT molecular complexity index is 521. The van der Waals surface area contributed by atoms with Crippen molar-refractivity contribution in [1.29, 1.82) is 0 Å². The molecule has 0 unspecified atom stereocenters. The second-order valence-corrected chi connectivity index (χ2v) is 3.59. The third-order valence-corrected chi connectivity index (χ3v) is 2.32. The van der Waals surface area contributed by atoms with Crippen LogP contribution in [-0.4, -0.2) is 10.8 Å². The van der Waals surface area contributed by atoms with Crippen LogP contribution < -0.4 is 5.73 Å². The topological polar surface area (TPSA) is 56.0 Å². The summed E-state index contributed by atoms with van der Waals surface area (Å²) in [5.74, 6) is -0.137. The van der Waals surface area contributed by atoms with E-state index < -0.39 is 0 Å². The first kappa shape index (κ1) is 10.4. The zero-order valence-electron chi connectivity index (χ0n) is 8.97. The van der Waals surface area contributed by atoms with E-state index in [-0.39, 0.29) is 5.78 Å². The van der Waals surface area contributed by atoms with Crippen LogP contribution in [0, 0.1) is 6.92 Å². The average Bonchev–Trinajstić information content (AvgIpc) is 2.32. The summed E-state index contributed by atoms with van der Waals surface area (Å²) >= 11 is 0. The van der Waals surface area contributed by atoms with Crippen LogP contribution in [0.25, 0.3) is 0 Å². The van der Waals surface area contributed by atoms with Crippen molar-refractivity contribution in [3.8, 4) is 0 Å². The van der Waals surface area contributed by atoms with Gasteiger partial charge in [0.1, 0.15) is 5.69 Å². The molecule has 0 saturated carbocycles. The van der Waals surface area contributed by atoms with Gasteiger partial charge in [-0.15, -0.1) is 0 Å². The first-order chi connectivity index (χ1) is 7.68. The lowest BCUT2D eigenvalue weighted by molar-refractivity contribution is 0.103. The minimum Gasteiger partial charge on any atom is -0.397 e. The minimum atomic E-state index is -0.137. The van der Waals surface area contributed by atoms with E-state index in [1.54, 1.807) is 24.3 Å². The highest BCUT2D eigenvalue weighted by Gasteiger charge is 2.13. The Morgan fingerprint density at radius 3 is 2.50 bits per heavy atom. The minimum absolute atomic E-state index is 0.137. The van der Waals surface area contributed by atoms with E-state index in [0.717, 1.165) is 5.69 Å². The molecule has 0 amide bonds. The van der Waals surface area contributed by atoms with Gasteiger partial charge in [0.15, 0.2) is 0 Å². The number of aryl methyl sites for hydroxylation is 1. The molecule has 16 heavy (non-hydrogen) atoms. The molecular formula is C13H12N2O. The van der Waals surface area contributed by atoms with Gasteiger partial charge in [0.25, 0.3) is 0 Å². The van der Waals surface area contributed by atoms with Crippen molar-refractivity contribution in [3.05, 3.63) is 59.4 Å². The summed E-state index contributed by atoms with van der Waals surface area (Å²) in [6, 6.07) is 12.5. The first-order valence-corrected chi connectivity index (χ1v) is 5.01. The number of ketones is 1. The lowest BCUT2D eigenvalue weighted by Crippen LogP contribution is -2.08. The number of hydrogen-bond acceptors (Lipinski definition) is 3. The molecular weight excluding hydrogens is 200 g/mol. The summed E-state index contributed by atoms with van der Waals surface area (Å²) < 4.78 is 0. The summed E-state index contributed by atoms with van der Waals surface area (Å²) in [5, 5.41) is 0. The molecule has 2 aromatic rings. The van der Waals surface area contributed by atoms with E-state index >= 15 is 0 Å². The van der Waals surface area contributed by atoms with Crippen molar-refractivity contribution < 1.29 is 4.79 Å². The molecule has 0 aliphatic heterocycles. The zero-order chi connectivity index (χ0) is 11.5. The van der Waals surface area contributed by atoms with Gasteiger partial charge in [-0.05, 0) is 19.1 Å². The van der Waals surface area contributed by atoms with Gasteiger partial charge in [0.05, 0.1) is 5.69 Å². The van der Waals surface area contributed by atoms with Crippen LogP contribution in [0.3, 0.4) is 0 Å². The van der Waals surface area contributed by atoms with Gasteiger partial charge < -0.3 is 5.73 Å². The number of nitrogens with two attached hydrogens (primary N) is 1. The molecule has 0 bridgehead atoms. The first-order valence-electron chi connectivity index (χ1n) is 5.01. The molecule has 3 nitrogen and oxygen atoms in total. The molecule has 0 aliphatic rings. The van der Waals surface area contributed by atoms with Crippen LogP contribution in [0.1, 0.15) is 21.7 Å². The van der Waals surface area contributed by atoms with Crippen molar-refractivity contribution in [2.45, 2.75) is 6.92 Å². The van der Waals surface area contributed by atoms with Gasteiger partial charge in [-0.25, -0.2) is 4.98 Å². The highest BCUT2D eigenvalue weighted by atomic mass is 16.1. The predicted octanol–water partition coefficient (Wildman–Crippen LogP) is 2.20. The van der Waals surface area contributed by atoms with Crippen molar-refractivity contribution in [2.24, 2.45) is 0 Å². The van der Waals surface area contributed by atoms with E-state index in [9.17, 15) is 4.79 Å². The molecule has 3 heteroatoms. The van der Waals surface area contributed by atoms with Crippen molar-refractivity contribution >= 4 is 11.5 Å². The Morgan fingerprint density at radius 1 is 1.12 bits per heavy atom. The molecule has 1 aromatic heterocycles. The Hall–Kier alpha value is -2.16. The number of benzene rings is 1. The summed E-state index contributed by atoms with van der Waals surface area (Å²) in [6.45, 7) is 1.83. The molecule has 0 atom stereocenters. The highest BCUT2D eigenvalue weighted by molar-refractivity contribution is 6.10. The average molecular weight is 212 g/mol. The highest BCUT2D eigenvalue weighted by Crippen LogP contribution is 2.14. The SMILES string of the molecule is Cc1ccc(N)c(C(=O)c2ccccc2)n1. The van der Waals surface area contributed by atoms with Crippen LogP contribution in [0.15, 0.2) is 42.5 Å². The monoisotopic (exact) mass is 212 g/mol. The molecule has 0 spiro atoms. The fourth-order valence-corrected chi connectivity index (χ4v) is 1.48. The maximum atomic E-state index is 12.1. The van der Waals surface area contributed by atoms with Crippen LogP contribution >= 0.6 is 0 Å². The second-order valence-electron chi connectivity index (χ2n) is 3.59. The van der Waals surface area contributed by atoms with E-state index in [4.69, 9.17) is 5.73 Å². The van der Waals surface area contributed by atoms with E-state index in [2.05, 4.69) is 4.98 Å². The molecule has 2 N–H and O–H groups in total. The summed E-state index contributed by atoms with van der Waals surface area (Å²) in [4.78, 5) is 16.3. The van der Waals surface area contributed by atoms with Crippen molar-refractivity contribution in [2.75, 3.05) is 5.73 Å². The number of rotatable bonds is 2. The molecule has 0 radical (unpaired) electrons. The van der Waals surface area contributed by atoms with Crippen LogP contribution in [0.4, 0.5) is 5.69 Å². The molecule has 1 heterocycles. The zero-order valence-corrected chi connectivity index (χ0v) is 8.97. The largest absolute Gasteiger partial charge is 0.397 e. The molecule has 80 valence electrons. The molecule has 0 fully saturated rings. The van der Waals surface area contributed by atoms with Crippen LogP contribution in [0.5, 0.6) is 0 Å². The van der Waals surface area contributed by atoms with Gasteiger partial charge in [-0.1, -0.05) is 30.3 Å². The van der Waals surface area contributed by atoms with Crippen molar-refractivity contribution in [1.82, 2.24) is 4.98 Å². The third kappa shape index (κ3) is 1.93. The number of hydrogen-bond donors (Lipinski definition) is 1. The second kappa shape index (κ2) is 4.14. The number of nitrogen functional groups attached to an aromatic ring is 1. The third-order valence-electron chi connectivity index (χ3n) is 2.32. The summed E-state index contributed by atoms with van der Waals surface area (Å²) in [5.41, 5.74) is 7.88. The number of carbonyl (C=O) groups excluding carboxylic acids is 1. The Kier molecular flexibility index (Phi) is 2.68. The maximum absolute atomic E-state index is 12.1. The van der Waals surface area contributed by atoms with Gasteiger partial charge in [-0.2, -0.15) is 0 Å². The Labute approximate surface area is 93.9 Å². The number of nitrogens with zero attached hydrogens (tertiary/aromatic N) is 1. The lowest BCUT2D eigenvalue weighted by atomic mass is 10.1. The normalized spacial score (nSPS) is 10.1. The van der Waals surface area contributed by atoms with Crippen molar-refractivity contribution in [3.63, 3.8) is 0 Å².